The van der Waals surface area contributed by atoms with Gasteiger partial charge in [-0.05, 0) is 81.0 Å². The molecule has 0 saturated heterocycles. The van der Waals surface area contributed by atoms with Crippen molar-refractivity contribution in [2.45, 2.75) is 58.2 Å². The number of hydrogen-bond donors (Lipinski definition) is 3. The van der Waals surface area contributed by atoms with Gasteiger partial charge in [0.2, 0.25) is 5.95 Å². The van der Waals surface area contributed by atoms with Gasteiger partial charge < -0.3 is 15.7 Å². The molecule has 0 spiro atoms. The molecule has 3 aromatic heterocycles. The minimum absolute atomic E-state index is 0.125. The Bertz CT molecular complexity index is 1490. The lowest BCUT2D eigenvalue weighted by atomic mass is 9.85. The molecule has 1 aliphatic heterocycles. The van der Waals surface area contributed by atoms with Gasteiger partial charge in [-0.3, -0.25) is 4.79 Å². The van der Waals surface area contributed by atoms with Gasteiger partial charge in [-0.15, -0.1) is 0 Å². The van der Waals surface area contributed by atoms with Crippen LogP contribution in [0.25, 0.3) is 16.9 Å². The fourth-order valence-electron chi connectivity index (χ4n) is 4.97. The maximum Gasteiger partial charge on any atom is 0.278 e. The number of aromatic nitrogens is 5. The molecule has 1 saturated carbocycles. The van der Waals surface area contributed by atoms with Crippen molar-refractivity contribution in [2.24, 2.45) is 5.92 Å². The molecule has 9 heteroatoms. The molecule has 4 aromatic rings. The van der Waals surface area contributed by atoms with Gasteiger partial charge in [0.05, 0.1) is 5.69 Å². The summed E-state index contributed by atoms with van der Waals surface area (Å²) in [7, 11) is 0. The fourth-order valence-corrected chi connectivity index (χ4v) is 4.97. The van der Waals surface area contributed by atoms with Gasteiger partial charge in [0.25, 0.3) is 5.56 Å². The highest BCUT2D eigenvalue weighted by atomic mass is 16.3. The third-order valence-electron chi connectivity index (χ3n) is 7.26. The third-order valence-corrected chi connectivity index (χ3v) is 7.26. The Morgan fingerprint density at radius 3 is 2.81 bits per heavy atom. The number of aliphatic hydroxyl groups is 1. The summed E-state index contributed by atoms with van der Waals surface area (Å²) in [5, 5.41) is 17.7. The smallest absolute Gasteiger partial charge is 0.278 e. The first-order valence-corrected chi connectivity index (χ1v) is 12.7. The summed E-state index contributed by atoms with van der Waals surface area (Å²) in [6.45, 7) is 5.86. The highest BCUT2D eigenvalue weighted by Crippen LogP contribution is 2.29. The predicted molar refractivity (Wildman–Crippen MR) is 139 cm³/mol. The first kappa shape index (κ1) is 22.9. The van der Waals surface area contributed by atoms with Crippen molar-refractivity contribution in [1.29, 1.82) is 0 Å². The number of anilines is 2. The second kappa shape index (κ2) is 8.83. The molecule has 36 heavy (non-hydrogen) atoms. The average molecular weight is 486 g/mol. The van der Waals surface area contributed by atoms with Crippen LogP contribution in [0.2, 0.25) is 0 Å². The van der Waals surface area contributed by atoms with E-state index in [9.17, 15) is 9.90 Å². The molecule has 1 aliphatic carbocycles. The van der Waals surface area contributed by atoms with Crippen molar-refractivity contribution in [1.82, 2.24) is 29.6 Å². The van der Waals surface area contributed by atoms with Gasteiger partial charge in [0.1, 0.15) is 11.0 Å². The van der Waals surface area contributed by atoms with E-state index in [1.165, 1.54) is 17.5 Å². The molecule has 0 radical (unpaired) electrons. The van der Waals surface area contributed by atoms with Crippen molar-refractivity contribution >= 4 is 22.7 Å². The van der Waals surface area contributed by atoms with E-state index in [2.05, 4.69) is 27.8 Å². The van der Waals surface area contributed by atoms with E-state index in [1.807, 2.05) is 18.2 Å². The van der Waals surface area contributed by atoms with Gasteiger partial charge in [0, 0.05) is 25.0 Å². The zero-order chi connectivity index (χ0) is 24.9. The molecule has 0 amide bonds. The SMILES string of the molecule is CC(C)(O)c1cccc(-n2c3nc(Nc4ccc5c(c4)CCNC5)ncc3c(=O)n2CC2CCC2)n1. The van der Waals surface area contributed by atoms with Crippen molar-refractivity contribution in [2.75, 3.05) is 11.9 Å². The Kier molecular flexibility index (Phi) is 5.61. The van der Waals surface area contributed by atoms with Crippen molar-refractivity contribution < 1.29 is 5.11 Å². The molecule has 0 bridgehead atoms. The number of nitrogens with one attached hydrogen (secondary N) is 2. The second-order valence-corrected chi connectivity index (χ2v) is 10.4. The lowest BCUT2D eigenvalue weighted by Gasteiger charge is -2.26. The van der Waals surface area contributed by atoms with Crippen LogP contribution in [-0.2, 0) is 25.1 Å². The van der Waals surface area contributed by atoms with E-state index < -0.39 is 5.60 Å². The van der Waals surface area contributed by atoms with Gasteiger partial charge in [-0.1, -0.05) is 18.6 Å². The van der Waals surface area contributed by atoms with Gasteiger partial charge >= 0.3 is 0 Å². The molecular formula is C27H31N7O2. The summed E-state index contributed by atoms with van der Waals surface area (Å²) in [5.41, 5.74) is 3.33. The molecular weight excluding hydrogens is 454 g/mol. The lowest BCUT2D eigenvalue weighted by molar-refractivity contribution is 0.0737. The highest BCUT2D eigenvalue weighted by molar-refractivity contribution is 5.77. The maximum absolute atomic E-state index is 13.5. The van der Waals surface area contributed by atoms with Crippen LogP contribution in [0.5, 0.6) is 0 Å². The Morgan fingerprint density at radius 1 is 1.17 bits per heavy atom. The molecule has 9 nitrogen and oxygen atoms in total. The number of nitrogens with zero attached hydrogens (tertiary/aromatic N) is 5. The fraction of sp³-hybridized carbons (Fsp3) is 0.407. The molecule has 2 aliphatic rings. The summed E-state index contributed by atoms with van der Waals surface area (Å²) in [6, 6.07) is 11.8. The summed E-state index contributed by atoms with van der Waals surface area (Å²) in [5.74, 6) is 1.43. The monoisotopic (exact) mass is 485 g/mol. The first-order valence-electron chi connectivity index (χ1n) is 12.7. The summed E-state index contributed by atoms with van der Waals surface area (Å²) in [4.78, 5) is 27.4. The minimum Gasteiger partial charge on any atom is -0.384 e. The Hall–Kier alpha value is -3.56. The number of fused-ring (bicyclic) bond motifs is 2. The second-order valence-electron chi connectivity index (χ2n) is 10.4. The molecule has 186 valence electrons. The topological polar surface area (TPSA) is 110 Å². The van der Waals surface area contributed by atoms with Crippen LogP contribution in [0.1, 0.15) is 49.9 Å². The van der Waals surface area contributed by atoms with E-state index >= 15 is 0 Å². The van der Waals surface area contributed by atoms with Gasteiger partial charge in [-0.25, -0.2) is 19.3 Å². The Morgan fingerprint density at radius 2 is 2.03 bits per heavy atom. The Balaban J connectivity index is 1.45. The number of hydrogen-bond acceptors (Lipinski definition) is 7. The molecule has 0 unspecified atom stereocenters. The normalized spacial score (nSPS) is 16.1. The lowest BCUT2D eigenvalue weighted by Crippen LogP contribution is -2.29. The minimum atomic E-state index is -1.11. The number of rotatable bonds is 6. The van der Waals surface area contributed by atoms with E-state index in [1.54, 1.807) is 35.5 Å². The van der Waals surface area contributed by atoms with Crippen LogP contribution in [0, 0.1) is 5.92 Å². The third kappa shape index (κ3) is 4.18. The largest absolute Gasteiger partial charge is 0.384 e. The average Bonchev–Trinajstić information content (AvgIpc) is 3.11. The van der Waals surface area contributed by atoms with Crippen LogP contribution in [0.3, 0.4) is 0 Å². The molecule has 0 atom stereocenters. The molecule has 6 rings (SSSR count). The summed E-state index contributed by atoms with van der Waals surface area (Å²) < 4.78 is 3.52. The van der Waals surface area contributed by atoms with Crippen LogP contribution < -0.4 is 16.2 Å². The summed E-state index contributed by atoms with van der Waals surface area (Å²) >= 11 is 0. The standard InChI is InChI=1S/C27H31N7O2/c1-27(2,36)22-7-4-8-23(31-22)34-24-21(25(35)33(34)16-17-5-3-6-17)15-29-26(32-24)30-20-10-9-19-14-28-12-11-18(19)13-20/h4,7-10,13,15,17,28,36H,3,5-6,11-12,14,16H2,1-2H3,(H,29,30,32). The van der Waals surface area contributed by atoms with E-state index in [-0.39, 0.29) is 5.56 Å². The zero-order valence-electron chi connectivity index (χ0n) is 20.7. The molecule has 3 N–H and O–H groups in total. The van der Waals surface area contributed by atoms with Gasteiger partial charge in [-0.2, -0.15) is 4.98 Å². The molecule has 1 fully saturated rings. The zero-order valence-corrected chi connectivity index (χ0v) is 20.7. The van der Waals surface area contributed by atoms with Crippen molar-refractivity contribution in [3.05, 3.63) is 69.8 Å². The van der Waals surface area contributed by atoms with E-state index in [0.29, 0.717) is 41.0 Å². The van der Waals surface area contributed by atoms with Crippen LogP contribution >= 0.6 is 0 Å². The molecule has 4 heterocycles. The van der Waals surface area contributed by atoms with Crippen molar-refractivity contribution in [3.63, 3.8) is 0 Å². The summed E-state index contributed by atoms with van der Waals surface area (Å²) in [6.07, 6.45) is 5.99. The highest BCUT2D eigenvalue weighted by Gasteiger charge is 2.25. The van der Waals surface area contributed by atoms with Crippen LogP contribution in [-0.4, -0.2) is 36.0 Å². The molecule has 1 aromatic carbocycles. The van der Waals surface area contributed by atoms with Crippen LogP contribution in [0.15, 0.2) is 47.4 Å². The van der Waals surface area contributed by atoms with Crippen molar-refractivity contribution in [3.8, 4) is 5.82 Å². The van der Waals surface area contributed by atoms with Gasteiger partial charge in [0.15, 0.2) is 11.5 Å². The van der Waals surface area contributed by atoms with Crippen LogP contribution in [0.4, 0.5) is 11.6 Å². The first-order chi connectivity index (χ1) is 17.4. The van der Waals surface area contributed by atoms with E-state index in [4.69, 9.17) is 9.97 Å². The van der Waals surface area contributed by atoms with E-state index in [0.717, 1.165) is 38.0 Å². The Labute approximate surface area is 209 Å². The number of benzene rings is 1. The number of pyridine rings is 1. The predicted octanol–water partition coefficient (Wildman–Crippen LogP) is 3.39. The quantitative estimate of drug-likeness (QED) is 0.384. The maximum atomic E-state index is 13.5.